The molecule has 0 radical (unpaired) electrons. The molecule has 8 nitrogen and oxygen atoms in total. The number of carbonyl (C=O) groups excluding carboxylic acids is 1. The molecule has 0 aliphatic carbocycles. The number of nitrogens with one attached hydrogen (secondary N) is 1. The van der Waals surface area contributed by atoms with Gasteiger partial charge in [-0.2, -0.15) is 0 Å². The largest absolute Gasteiger partial charge is 0.423 e. The van der Waals surface area contributed by atoms with Crippen molar-refractivity contribution < 1.29 is 13.9 Å². The third kappa shape index (κ3) is 3.53. The number of rotatable bonds is 3. The number of anilines is 1. The van der Waals surface area contributed by atoms with Gasteiger partial charge in [-0.3, -0.25) is 4.98 Å². The maximum atomic E-state index is 12.6. The summed E-state index contributed by atoms with van der Waals surface area (Å²) in [6.07, 6.45) is 3.35. The van der Waals surface area contributed by atoms with Gasteiger partial charge in [0, 0.05) is 18.7 Å². The minimum atomic E-state index is -0.392. The molecule has 1 saturated heterocycles. The predicted octanol–water partition coefficient (Wildman–Crippen LogP) is 2.50. The molecule has 2 aromatic rings. The Hall–Kier alpha value is -2.48. The van der Waals surface area contributed by atoms with Crippen molar-refractivity contribution in [1.82, 2.24) is 20.1 Å². The zero-order valence-corrected chi connectivity index (χ0v) is 14.0. The lowest BCUT2D eigenvalue weighted by Gasteiger charge is -2.33. The maximum absolute atomic E-state index is 12.6. The highest BCUT2D eigenvalue weighted by molar-refractivity contribution is 5.89. The van der Waals surface area contributed by atoms with Crippen LogP contribution in [0.15, 0.2) is 22.9 Å². The molecule has 128 valence electrons. The molecule has 1 aliphatic heterocycles. The van der Waals surface area contributed by atoms with E-state index >= 15 is 0 Å². The Morgan fingerprint density at radius 3 is 2.92 bits per heavy atom. The fourth-order valence-electron chi connectivity index (χ4n) is 2.48. The SMILES string of the molecule is Cc1cncc(NC(=O)N2CCOC[C@H]2c2nnc(C(C)C)o2)c1. The van der Waals surface area contributed by atoms with Gasteiger partial charge in [0.25, 0.3) is 0 Å². The first-order valence-corrected chi connectivity index (χ1v) is 7.95. The van der Waals surface area contributed by atoms with Crippen molar-refractivity contribution in [3.63, 3.8) is 0 Å². The maximum Gasteiger partial charge on any atom is 0.322 e. The molecule has 0 unspecified atom stereocenters. The number of ether oxygens (including phenoxy) is 1. The van der Waals surface area contributed by atoms with E-state index in [1.807, 2.05) is 26.8 Å². The normalized spacial score (nSPS) is 18.0. The summed E-state index contributed by atoms with van der Waals surface area (Å²) in [7, 11) is 0. The summed E-state index contributed by atoms with van der Waals surface area (Å²) in [4.78, 5) is 18.4. The average molecular weight is 331 g/mol. The van der Waals surface area contributed by atoms with Crippen LogP contribution in [0.3, 0.4) is 0 Å². The molecule has 0 aromatic carbocycles. The van der Waals surface area contributed by atoms with Crippen molar-refractivity contribution in [3.8, 4) is 0 Å². The second-order valence-electron chi connectivity index (χ2n) is 6.10. The van der Waals surface area contributed by atoms with E-state index in [0.717, 1.165) is 5.56 Å². The molecule has 1 atom stereocenters. The molecule has 1 N–H and O–H groups in total. The van der Waals surface area contributed by atoms with Crippen molar-refractivity contribution in [2.75, 3.05) is 25.1 Å². The molecule has 0 spiro atoms. The standard InChI is InChI=1S/C16H21N5O3/c1-10(2)14-19-20-15(24-14)13-9-23-5-4-21(13)16(22)18-12-6-11(3)7-17-8-12/h6-8,10,13H,4-5,9H2,1-3H3,(H,18,22)/t13-/m0/s1. The molecular formula is C16H21N5O3. The first-order chi connectivity index (χ1) is 11.5. The monoisotopic (exact) mass is 331 g/mol. The third-order valence-corrected chi connectivity index (χ3v) is 3.75. The Kier molecular flexibility index (Phi) is 4.75. The number of amides is 2. The Morgan fingerprint density at radius 2 is 2.21 bits per heavy atom. The molecule has 2 amide bonds. The number of hydrogen-bond acceptors (Lipinski definition) is 6. The Balaban J connectivity index is 1.77. The zero-order valence-electron chi connectivity index (χ0n) is 14.0. The van der Waals surface area contributed by atoms with Crippen LogP contribution in [0.5, 0.6) is 0 Å². The van der Waals surface area contributed by atoms with Crippen LogP contribution in [0, 0.1) is 6.92 Å². The highest BCUT2D eigenvalue weighted by atomic mass is 16.5. The van der Waals surface area contributed by atoms with Gasteiger partial charge in [0.15, 0.2) is 0 Å². The van der Waals surface area contributed by atoms with Crippen molar-refractivity contribution >= 4 is 11.7 Å². The van der Waals surface area contributed by atoms with E-state index in [1.165, 1.54) is 0 Å². The summed E-state index contributed by atoms with van der Waals surface area (Å²) in [6, 6.07) is 1.24. The third-order valence-electron chi connectivity index (χ3n) is 3.75. The van der Waals surface area contributed by atoms with Gasteiger partial charge in [0.05, 0.1) is 25.1 Å². The summed E-state index contributed by atoms with van der Waals surface area (Å²) in [5, 5.41) is 11.0. The second-order valence-corrected chi connectivity index (χ2v) is 6.10. The number of hydrogen-bond donors (Lipinski definition) is 1. The first kappa shape index (κ1) is 16.4. The highest BCUT2D eigenvalue weighted by Gasteiger charge is 2.33. The number of aryl methyl sites for hydroxylation is 1. The van der Waals surface area contributed by atoms with E-state index < -0.39 is 6.04 Å². The van der Waals surface area contributed by atoms with E-state index in [2.05, 4.69) is 20.5 Å². The van der Waals surface area contributed by atoms with Gasteiger partial charge in [-0.25, -0.2) is 4.79 Å². The van der Waals surface area contributed by atoms with Crippen molar-refractivity contribution in [1.29, 1.82) is 0 Å². The minimum Gasteiger partial charge on any atom is -0.423 e. The summed E-state index contributed by atoms with van der Waals surface area (Å²) in [5.41, 5.74) is 1.63. The first-order valence-electron chi connectivity index (χ1n) is 7.95. The lowest BCUT2D eigenvalue weighted by Crippen LogP contribution is -2.45. The molecule has 24 heavy (non-hydrogen) atoms. The van der Waals surface area contributed by atoms with Crippen LogP contribution in [-0.4, -0.2) is 45.9 Å². The topological polar surface area (TPSA) is 93.4 Å². The number of morpholine rings is 1. The van der Waals surface area contributed by atoms with Gasteiger partial charge in [-0.1, -0.05) is 13.8 Å². The molecule has 1 aliphatic rings. The number of aromatic nitrogens is 3. The summed E-state index contributed by atoms with van der Waals surface area (Å²) in [6.45, 7) is 7.13. The van der Waals surface area contributed by atoms with E-state index in [4.69, 9.17) is 9.15 Å². The van der Waals surface area contributed by atoms with Crippen molar-refractivity contribution in [3.05, 3.63) is 35.8 Å². The molecule has 8 heteroatoms. The quantitative estimate of drug-likeness (QED) is 0.929. The van der Waals surface area contributed by atoms with Gasteiger partial charge in [-0.15, -0.1) is 10.2 Å². The van der Waals surface area contributed by atoms with Crippen LogP contribution in [0.4, 0.5) is 10.5 Å². The number of pyridine rings is 1. The highest BCUT2D eigenvalue weighted by Crippen LogP contribution is 2.25. The van der Waals surface area contributed by atoms with E-state index in [-0.39, 0.29) is 11.9 Å². The summed E-state index contributed by atoms with van der Waals surface area (Å²) in [5.74, 6) is 1.09. The molecule has 3 heterocycles. The van der Waals surface area contributed by atoms with Crippen LogP contribution >= 0.6 is 0 Å². The van der Waals surface area contributed by atoms with Crippen LogP contribution in [-0.2, 0) is 4.74 Å². The van der Waals surface area contributed by atoms with Crippen LogP contribution < -0.4 is 5.32 Å². The number of carbonyl (C=O) groups is 1. The molecule has 3 rings (SSSR count). The summed E-state index contributed by atoms with van der Waals surface area (Å²) >= 11 is 0. The fourth-order valence-corrected chi connectivity index (χ4v) is 2.48. The van der Waals surface area contributed by atoms with Crippen LogP contribution in [0.2, 0.25) is 0 Å². The van der Waals surface area contributed by atoms with Crippen LogP contribution in [0.25, 0.3) is 0 Å². The van der Waals surface area contributed by atoms with E-state index in [1.54, 1.807) is 17.3 Å². The molecule has 0 saturated carbocycles. The number of urea groups is 1. The molecule has 2 aromatic heterocycles. The minimum absolute atomic E-state index is 0.136. The molecular weight excluding hydrogens is 310 g/mol. The number of nitrogens with zero attached hydrogens (tertiary/aromatic N) is 4. The van der Waals surface area contributed by atoms with Gasteiger partial charge in [-0.05, 0) is 18.6 Å². The second kappa shape index (κ2) is 6.96. The Labute approximate surface area is 140 Å². The van der Waals surface area contributed by atoms with Gasteiger partial charge < -0.3 is 19.4 Å². The zero-order chi connectivity index (χ0) is 17.1. The predicted molar refractivity (Wildman–Crippen MR) is 86.6 cm³/mol. The van der Waals surface area contributed by atoms with Crippen molar-refractivity contribution in [2.24, 2.45) is 0 Å². The van der Waals surface area contributed by atoms with Gasteiger partial charge in [0.1, 0.15) is 6.04 Å². The lowest BCUT2D eigenvalue weighted by molar-refractivity contribution is 0.00494. The lowest BCUT2D eigenvalue weighted by atomic mass is 10.2. The Morgan fingerprint density at radius 1 is 1.38 bits per heavy atom. The molecule has 1 fully saturated rings. The van der Waals surface area contributed by atoms with Gasteiger partial charge in [0.2, 0.25) is 11.8 Å². The van der Waals surface area contributed by atoms with Crippen LogP contribution in [0.1, 0.15) is 43.2 Å². The van der Waals surface area contributed by atoms with Gasteiger partial charge >= 0.3 is 6.03 Å². The summed E-state index contributed by atoms with van der Waals surface area (Å²) < 4.78 is 11.2. The average Bonchev–Trinajstić information content (AvgIpc) is 3.05. The van der Waals surface area contributed by atoms with E-state index in [9.17, 15) is 4.79 Å². The molecule has 0 bridgehead atoms. The fraction of sp³-hybridized carbons (Fsp3) is 0.500. The Bertz CT molecular complexity index is 715. The van der Waals surface area contributed by atoms with Crippen molar-refractivity contribution in [2.45, 2.75) is 32.7 Å². The van der Waals surface area contributed by atoms with E-state index in [0.29, 0.717) is 37.2 Å². The smallest absolute Gasteiger partial charge is 0.322 e.